The quantitative estimate of drug-likeness (QED) is 0.562. The lowest BCUT2D eigenvalue weighted by Crippen LogP contribution is -2.00. The lowest BCUT2D eigenvalue weighted by molar-refractivity contribution is 0.0601. The largest absolute Gasteiger partial charge is 0.497 e. The average Bonchev–Trinajstić information content (AvgIpc) is 3.10. The number of methoxy groups -OCH3 is 2. The van der Waals surface area contributed by atoms with Crippen molar-refractivity contribution in [3.63, 3.8) is 0 Å². The highest BCUT2D eigenvalue weighted by molar-refractivity contribution is 7.16. The fourth-order valence-corrected chi connectivity index (χ4v) is 3.81. The molecule has 0 radical (unpaired) electrons. The summed E-state index contributed by atoms with van der Waals surface area (Å²) in [5, 5.41) is 4.16. The van der Waals surface area contributed by atoms with Crippen LogP contribution in [0.15, 0.2) is 48.5 Å². The van der Waals surface area contributed by atoms with Gasteiger partial charge < -0.3 is 14.8 Å². The molecule has 2 aromatic carbocycles. The Bertz CT molecular complexity index is 902. The number of hydrogen-bond acceptors (Lipinski definition) is 6. The Morgan fingerprint density at radius 3 is 2.37 bits per heavy atom. The maximum Gasteiger partial charge on any atom is 0.337 e. The SMILES string of the molecule is CCCc1sc(Nc2ccc(C(=O)OC)cc2)nc1-c1ccc(OC)cc1. The van der Waals surface area contributed by atoms with Crippen LogP contribution in [-0.4, -0.2) is 25.2 Å². The number of esters is 1. The molecule has 1 heterocycles. The van der Waals surface area contributed by atoms with E-state index in [-0.39, 0.29) is 5.97 Å². The Hall–Kier alpha value is -2.86. The van der Waals surface area contributed by atoms with Crippen LogP contribution in [0, 0.1) is 0 Å². The van der Waals surface area contributed by atoms with Crippen molar-refractivity contribution < 1.29 is 14.3 Å². The lowest BCUT2D eigenvalue weighted by Gasteiger charge is -2.04. The van der Waals surface area contributed by atoms with E-state index in [2.05, 4.69) is 12.2 Å². The molecule has 5 nitrogen and oxygen atoms in total. The van der Waals surface area contributed by atoms with Gasteiger partial charge in [0.05, 0.1) is 25.5 Å². The third-order valence-corrected chi connectivity index (χ3v) is 5.13. The highest BCUT2D eigenvalue weighted by Gasteiger charge is 2.13. The molecule has 0 saturated carbocycles. The van der Waals surface area contributed by atoms with Crippen LogP contribution in [0.5, 0.6) is 5.75 Å². The van der Waals surface area contributed by atoms with Crippen molar-refractivity contribution in [2.45, 2.75) is 19.8 Å². The predicted octanol–water partition coefficient (Wildman–Crippen LogP) is 5.30. The predicted molar refractivity (Wildman–Crippen MR) is 109 cm³/mol. The van der Waals surface area contributed by atoms with Crippen LogP contribution in [-0.2, 0) is 11.2 Å². The van der Waals surface area contributed by atoms with Gasteiger partial charge in [-0.1, -0.05) is 13.3 Å². The number of thiazole rings is 1. The van der Waals surface area contributed by atoms with Crippen molar-refractivity contribution in [2.75, 3.05) is 19.5 Å². The number of aryl methyl sites for hydroxylation is 1. The van der Waals surface area contributed by atoms with Gasteiger partial charge in [-0.15, -0.1) is 11.3 Å². The van der Waals surface area contributed by atoms with Gasteiger partial charge in [0.15, 0.2) is 5.13 Å². The minimum absolute atomic E-state index is 0.345. The summed E-state index contributed by atoms with van der Waals surface area (Å²) >= 11 is 1.65. The number of anilines is 2. The molecule has 27 heavy (non-hydrogen) atoms. The zero-order valence-corrected chi connectivity index (χ0v) is 16.4. The van der Waals surface area contributed by atoms with E-state index in [4.69, 9.17) is 14.5 Å². The number of carbonyl (C=O) groups excluding carboxylic acids is 1. The smallest absolute Gasteiger partial charge is 0.337 e. The lowest BCUT2D eigenvalue weighted by atomic mass is 10.1. The molecule has 140 valence electrons. The number of benzene rings is 2. The van der Waals surface area contributed by atoms with Crippen LogP contribution in [0.25, 0.3) is 11.3 Å². The number of nitrogens with one attached hydrogen (secondary N) is 1. The van der Waals surface area contributed by atoms with Gasteiger partial charge in [0.2, 0.25) is 0 Å². The summed E-state index contributed by atoms with van der Waals surface area (Å²) in [4.78, 5) is 17.6. The summed E-state index contributed by atoms with van der Waals surface area (Å²) in [6.07, 6.45) is 2.03. The molecule has 3 aromatic rings. The molecule has 0 atom stereocenters. The van der Waals surface area contributed by atoms with Crippen molar-refractivity contribution >= 4 is 28.1 Å². The first-order valence-electron chi connectivity index (χ1n) is 8.74. The van der Waals surface area contributed by atoms with E-state index >= 15 is 0 Å². The molecule has 1 N–H and O–H groups in total. The molecule has 0 saturated heterocycles. The third-order valence-electron chi connectivity index (χ3n) is 4.10. The summed E-state index contributed by atoms with van der Waals surface area (Å²) < 4.78 is 9.97. The van der Waals surface area contributed by atoms with Gasteiger partial charge in [0, 0.05) is 16.1 Å². The normalized spacial score (nSPS) is 10.5. The van der Waals surface area contributed by atoms with Gasteiger partial charge in [0.1, 0.15) is 5.75 Å². The fourth-order valence-electron chi connectivity index (χ4n) is 2.71. The van der Waals surface area contributed by atoms with E-state index in [0.717, 1.165) is 40.7 Å². The Kier molecular flexibility index (Phi) is 6.08. The first kappa shape index (κ1) is 18.9. The number of nitrogens with zero attached hydrogens (tertiary/aromatic N) is 1. The Morgan fingerprint density at radius 1 is 1.07 bits per heavy atom. The molecule has 0 spiro atoms. The maximum atomic E-state index is 11.5. The van der Waals surface area contributed by atoms with Crippen molar-refractivity contribution in [3.05, 3.63) is 59.0 Å². The molecule has 0 aliphatic rings. The second-order valence-corrected chi connectivity index (χ2v) is 7.05. The second-order valence-electron chi connectivity index (χ2n) is 5.96. The van der Waals surface area contributed by atoms with Crippen LogP contribution in [0.2, 0.25) is 0 Å². The Labute approximate surface area is 163 Å². The number of hydrogen-bond donors (Lipinski definition) is 1. The first-order chi connectivity index (χ1) is 13.1. The van der Waals surface area contributed by atoms with Crippen LogP contribution in [0.1, 0.15) is 28.6 Å². The summed E-state index contributed by atoms with van der Waals surface area (Å²) in [6.45, 7) is 2.16. The van der Waals surface area contributed by atoms with Crippen molar-refractivity contribution in [2.24, 2.45) is 0 Å². The van der Waals surface area contributed by atoms with Crippen LogP contribution < -0.4 is 10.1 Å². The van der Waals surface area contributed by atoms with E-state index in [1.807, 2.05) is 36.4 Å². The van der Waals surface area contributed by atoms with Crippen LogP contribution in [0.3, 0.4) is 0 Å². The Morgan fingerprint density at radius 2 is 1.78 bits per heavy atom. The molecule has 0 amide bonds. The number of ether oxygens (including phenoxy) is 2. The zero-order chi connectivity index (χ0) is 19.2. The van der Waals surface area contributed by atoms with Gasteiger partial charge in [-0.2, -0.15) is 0 Å². The summed E-state index contributed by atoms with van der Waals surface area (Å²) in [7, 11) is 3.04. The van der Waals surface area contributed by atoms with Gasteiger partial charge >= 0.3 is 5.97 Å². The average molecular weight is 382 g/mol. The topological polar surface area (TPSA) is 60.5 Å². The van der Waals surface area contributed by atoms with E-state index in [1.165, 1.54) is 12.0 Å². The standard InChI is InChI=1S/C21H22N2O3S/c1-4-5-18-19(14-8-12-17(25-2)13-9-14)23-21(27-18)22-16-10-6-15(7-11-16)20(24)26-3/h6-13H,4-5H2,1-3H3,(H,22,23). The first-order valence-corrected chi connectivity index (χ1v) is 9.55. The number of aromatic nitrogens is 1. The highest BCUT2D eigenvalue weighted by Crippen LogP contribution is 2.34. The molecular formula is C21H22N2O3S. The number of rotatable bonds is 7. The molecule has 3 rings (SSSR count). The van der Waals surface area contributed by atoms with Crippen LogP contribution >= 0.6 is 11.3 Å². The van der Waals surface area contributed by atoms with E-state index in [1.54, 1.807) is 30.6 Å². The van der Waals surface area contributed by atoms with E-state index < -0.39 is 0 Å². The molecule has 0 unspecified atom stereocenters. The molecule has 6 heteroatoms. The van der Waals surface area contributed by atoms with Gasteiger partial charge in [-0.05, 0) is 55.0 Å². The summed E-state index contributed by atoms with van der Waals surface area (Å²) in [5.41, 5.74) is 3.47. The molecule has 0 aliphatic carbocycles. The maximum absolute atomic E-state index is 11.5. The van der Waals surface area contributed by atoms with Gasteiger partial charge in [-0.3, -0.25) is 0 Å². The summed E-state index contributed by atoms with van der Waals surface area (Å²) in [5.74, 6) is 0.484. The minimum atomic E-state index is -0.345. The van der Waals surface area contributed by atoms with Gasteiger partial charge in [-0.25, -0.2) is 9.78 Å². The van der Waals surface area contributed by atoms with Crippen molar-refractivity contribution in [1.82, 2.24) is 4.98 Å². The van der Waals surface area contributed by atoms with Crippen LogP contribution in [0.4, 0.5) is 10.8 Å². The molecule has 0 fully saturated rings. The highest BCUT2D eigenvalue weighted by atomic mass is 32.1. The monoisotopic (exact) mass is 382 g/mol. The number of carbonyl (C=O) groups is 1. The molecule has 1 aromatic heterocycles. The molecular weight excluding hydrogens is 360 g/mol. The molecule has 0 bridgehead atoms. The second kappa shape index (κ2) is 8.68. The summed E-state index contributed by atoms with van der Waals surface area (Å²) in [6, 6.07) is 15.1. The van der Waals surface area contributed by atoms with Crippen molar-refractivity contribution in [1.29, 1.82) is 0 Å². The Balaban J connectivity index is 1.84. The fraction of sp³-hybridized carbons (Fsp3) is 0.238. The third kappa shape index (κ3) is 4.46. The zero-order valence-electron chi connectivity index (χ0n) is 15.6. The van der Waals surface area contributed by atoms with Crippen molar-refractivity contribution in [3.8, 4) is 17.0 Å². The minimum Gasteiger partial charge on any atom is -0.497 e. The molecule has 0 aliphatic heterocycles. The van der Waals surface area contributed by atoms with E-state index in [9.17, 15) is 4.79 Å². The van der Waals surface area contributed by atoms with Gasteiger partial charge in [0.25, 0.3) is 0 Å². The van der Waals surface area contributed by atoms with E-state index in [0.29, 0.717) is 5.56 Å².